The molecule has 3 aromatic rings. The van der Waals surface area contributed by atoms with Crippen LogP contribution in [0.25, 0.3) is 22.0 Å². The highest BCUT2D eigenvalue weighted by Gasteiger charge is 2.08. The molecule has 0 saturated carbocycles. The number of rotatable bonds is 2. The number of pyridine rings is 1. The van der Waals surface area contributed by atoms with Gasteiger partial charge in [0.1, 0.15) is 0 Å². The Morgan fingerprint density at radius 1 is 1.05 bits per heavy atom. The van der Waals surface area contributed by atoms with Gasteiger partial charge in [0, 0.05) is 17.1 Å². The molecule has 0 unspecified atom stereocenters. The van der Waals surface area contributed by atoms with Crippen LogP contribution >= 0.6 is 0 Å². The Morgan fingerprint density at radius 3 is 2.58 bits per heavy atom. The zero-order valence-electron chi connectivity index (χ0n) is 10.5. The van der Waals surface area contributed by atoms with Gasteiger partial charge in [0.2, 0.25) is 0 Å². The van der Waals surface area contributed by atoms with Gasteiger partial charge in [-0.2, -0.15) is 0 Å². The summed E-state index contributed by atoms with van der Waals surface area (Å²) in [5.41, 5.74) is 1.94. The molecule has 0 spiro atoms. The summed E-state index contributed by atoms with van der Waals surface area (Å²) < 4.78 is 5.09. The third-order valence-electron chi connectivity index (χ3n) is 3.13. The van der Waals surface area contributed by atoms with Gasteiger partial charge in [0.25, 0.3) is 0 Å². The van der Waals surface area contributed by atoms with Gasteiger partial charge < -0.3 is 9.84 Å². The molecule has 2 aromatic carbocycles. The summed E-state index contributed by atoms with van der Waals surface area (Å²) in [5.74, 6) is 0.592. The van der Waals surface area contributed by atoms with Gasteiger partial charge >= 0.3 is 0 Å². The number of hydrogen-bond acceptors (Lipinski definition) is 3. The number of aromatic hydroxyl groups is 1. The molecule has 19 heavy (non-hydrogen) atoms. The van der Waals surface area contributed by atoms with E-state index < -0.39 is 0 Å². The molecule has 0 bridgehead atoms. The van der Waals surface area contributed by atoms with Crippen molar-refractivity contribution in [1.29, 1.82) is 0 Å². The Balaban J connectivity index is 2.18. The van der Waals surface area contributed by atoms with Gasteiger partial charge in [-0.3, -0.25) is 4.98 Å². The summed E-state index contributed by atoms with van der Waals surface area (Å²) in [7, 11) is 1.53. The van der Waals surface area contributed by atoms with Crippen LogP contribution in [-0.2, 0) is 0 Å². The van der Waals surface area contributed by atoms with Gasteiger partial charge in [-0.05, 0) is 17.5 Å². The van der Waals surface area contributed by atoms with Crippen LogP contribution in [0.15, 0.2) is 54.7 Å². The van der Waals surface area contributed by atoms with E-state index in [4.69, 9.17) is 4.74 Å². The molecule has 0 fully saturated rings. The average Bonchev–Trinajstić information content (AvgIpc) is 2.48. The van der Waals surface area contributed by atoms with Crippen LogP contribution in [0, 0.1) is 0 Å². The molecule has 0 aliphatic carbocycles. The van der Waals surface area contributed by atoms with Crippen LogP contribution in [-0.4, -0.2) is 17.2 Å². The first-order valence-corrected chi connectivity index (χ1v) is 6.01. The molecule has 0 saturated heterocycles. The van der Waals surface area contributed by atoms with Gasteiger partial charge in [-0.15, -0.1) is 0 Å². The smallest absolute Gasteiger partial charge is 0.167 e. The summed E-state index contributed by atoms with van der Waals surface area (Å²) in [6.45, 7) is 0. The first-order valence-electron chi connectivity index (χ1n) is 6.01. The Hall–Kier alpha value is -2.55. The number of fused-ring (bicyclic) bond motifs is 1. The summed E-state index contributed by atoms with van der Waals surface area (Å²) in [6, 6.07) is 15.6. The standard InChI is InChI=1S/C16H13NO2/c1-19-15-8-7-12-9-14(11-5-3-2-4-6-11)17-10-13(12)16(15)18/h2-10,18H,1H3. The molecule has 0 amide bonds. The van der Waals surface area contributed by atoms with Crippen LogP contribution in [0.1, 0.15) is 0 Å². The number of aromatic nitrogens is 1. The molecule has 0 aliphatic heterocycles. The van der Waals surface area contributed by atoms with E-state index in [1.54, 1.807) is 12.3 Å². The van der Waals surface area contributed by atoms with Gasteiger partial charge in [0.15, 0.2) is 11.5 Å². The van der Waals surface area contributed by atoms with Crippen LogP contribution in [0.5, 0.6) is 11.5 Å². The lowest BCUT2D eigenvalue weighted by molar-refractivity contribution is 0.376. The fourth-order valence-corrected chi connectivity index (χ4v) is 2.12. The molecular formula is C16H13NO2. The van der Waals surface area contributed by atoms with E-state index in [0.29, 0.717) is 11.1 Å². The van der Waals surface area contributed by atoms with E-state index in [9.17, 15) is 5.11 Å². The molecule has 0 radical (unpaired) electrons. The highest BCUT2D eigenvalue weighted by Crippen LogP contribution is 2.35. The number of ether oxygens (including phenoxy) is 1. The van der Waals surface area contributed by atoms with Crippen molar-refractivity contribution < 1.29 is 9.84 Å². The maximum Gasteiger partial charge on any atom is 0.167 e. The van der Waals surface area contributed by atoms with Crippen molar-refractivity contribution >= 4 is 10.8 Å². The lowest BCUT2D eigenvalue weighted by atomic mass is 10.1. The number of phenols is 1. The maximum atomic E-state index is 10.0. The number of benzene rings is 2. The van der Waals surface area contributed by atoms with Crippen LogP contribution in [0.4, 0.5) is 0 Å². The van der Waals surface area contributed by atoms with Crippen molar-refractivity contribution in [3.05, 3.63) is 54.7 Å². The molecular weight excluding hydrogens is 238 g/mol. The number of nitrogens with zero attached hydrogens (tertiary/aromatic N) is 1. The van der Waals surface area contributed by atoms with Crippen molar-refractivity contribution in [2.45, 2.75) is 0 Å². The summed E-state index contributed by atoms with van der Waals surface area (Å²) in [6.07, 6.45) is 1.68. The fraction of sp³-hybridized carbons (Fsp3) is 0.0625. The van der Waals surface area contributed by atoms with Crippen molar-refractivity contribution in [3.63, 3.8) is 0 Å². The van der Waals surface area contributed by atoms with Gasteiger partial charge in [-0.25, -0.2) is 0 Å². The molecule has 1 aromatic heterocycles. The normalized spacial score (nSPS) is 10.6. The third kappa shape index (κ3) is 1.99. The van der Waals surface area contributed by atoms with Gasteiger partial charge in [-0.1, -0.05) is 36.4 Å². The largest absolute Gasteiger partial charge is 0.504 e. The van der Waals surface area contributed by atoms with Crippen LogP contribution in [0.3, 0.4) is 0 Å². The van der Waals surface area contributed by atoms with E-state index in [-0.39, 0.29) is 5.75 Å². The summed E-state index contributed by atoms with van der Waals surface area (Å²) in [4.78, 5) is 4.40. The average molecular weight is 251 g/mol. The second kappa shape index (κ2) is 4.61. The van der Waals surface area contributed by atoms with Crippen LogP contribution in [0.2, 0.25) is 0 Å². The lowest BCUT2D eigenvalue weighted by Gasteiger charge is -2.08. The van der Waals surface area contributed by atoms with Crippen molar-refractivity contribution in [2.75, 3.05) is 7.11 Å². The molecule has 3 nitrogen and oxygen atoms in total. The molecule has 1 N–H and O–H groups in total. The predicted octanol–water partition coefficient (Wildman–Crippen LogP) is 3.62. The monoisotopic (exact) mass is 251 g/mol. The minimum atomic E-state index is 0.132. The SMILES string of the molecule is COc1ccc2cc(-c3ccccc3)ncc2c1O. The topological polar surface area (TPSA) is 42.4 Å². The Bertz CT molecular complexity index is 723. The van der Waals surface area contributed by atoms with E-state index in [1.807, 2.05) is 42.5 Å². The van der Waals surface area contributed by atoms with Crippen molar-refractivity contribution in [2.24, 2.45) is 0 Å². The molecule has 3 rings (SSSR count). The van der Waals surface area contributed by atoms with Crippen LogP contribution < -0.4 is 4.74 Å². The summed E-state index contributed by atoms with van der Waals surface area (Å²) >= 11 is 0. The third-order valence-corrected chi connectivity index (χ3v) is 3.13. The maximum absolute atomic E-state index is 10.0. The minimum Gasteiger partial charge on any atom is -0.504 e. The zero-order chi connectivity index (χ0) is 13.2. The zero-order valence-corrected chi connectivity index (χ0v) is 10.5. The predicted molar refractivity (Wildman–Crippen MR) is 75.4 cm³/mol. The van der Waals surface area contributed by atoms with Gasteiger partial charge in [0.05, 0.1) is 12.8 Å². The first-order chi connectivity index (χ1) is 9.29. The summed E-state index contributed by atoms with van der Waals surface area (Å²) in [5, 5.41) is 11.7. The molecule has 0 aliphatic rings. The second-order valence-electron chi connectivity index (χ2n) is 4.27. The first kappa shape index (κ1) is 11.5. The number of methoxy groups -OCH3 is 1. The van der Waals surface area contributed by atoms with Crippen molar-refractivity contribution in [3.8, 4) is 22.8 Å². The van der Waals surface area contributed by atoms with E-state index in [0.717, 1.165) is 16.6 Å². The van der Waals surface area contributed by atoms with E-state index in [2.05, 4.69) is 4.98 Å². The number of phenolic OH excluding ortho intramolecular Hbond substituents is 1. The quantitative estimate of drug-likeness (QED) is 0.756. The molecule has 1 heterocycles. The second-order valence-corrected chi connectivity index (χ2v) is 4.27. The lowest BCUT2D eigenvalue weighted by Crippen LogP contribution is -1.87. The van der Waals surface area contributed by atoms with Crippen molar-refractivity contribution in [1.82, 2.24) is 4.98 Å². The Kier molecular flexibility index (Phi) is 2.80. The minimum absolute atomic E-state index is 0.132. The highest BCUT2D eigenvalue weighted by atomic mass is 16.5. The van der Waals surface area contributed by atoms with E-state index in [1.165, 1.54) is 7.11 Å². The fourth-order valence-electron chi connectivity index (χ4n) is 2.12. The number of hydrogen-bond donors (Lipinski definition) is 1. The molecule has 0 atom stereocenters. The Labute approximate surface area is 111 Å². The Morgan fingerprint density at radius 2 is 1.84 bits per heavy atom. The molecule has 3 heteroatoms. The highest BCUT2D eigenvalue weighted by molar-refractivity contribution is 5.91. The van der Waals surface area contributed by atoms with E-state index >= 15 is 0 Å². The molecule has 94 valence electrons.